The number of rotatable bonds is 4. The van der Waals surface area contributed by atoms with Crippen molar-refractivity contribution in [2.75, 3.05) is 20.7 Å². The zero-order chi connectivity index (χ0) is 12.3. The summed E-state index contributed by atoms with van der Waals surface area (Å²) in [5.74, 6) is -0.201. The van der Waals surface area contributed by atoms with Crippen molar-refractivity contribution in [3.63, 3.8) is 0 Å². The van der Waals surface area contributed by atoms with Crippen molar-refractivity contribution in [3.8, 4) is 0 Å². The molecule has 0 aliphatic heterocycles. The van der Waals surface area contributed by atoms with Crippen LogP contribution >= 0.6 is 0 Å². The Morgan fingerprint density at radius 3 is 2.38 bits per heavy atom. The Balaban J connectivity index is 2.99. The van der Waals surface area contributed by atoms with Gasteiger partial charge in [-0.3, -0.25) is 0 Å². The van der Waals surface area contributed by atoms with Gasteiger partial charge in [0.05, 0.1) is 6.61 Å². The van der Waals surface area contributed by atoms with Gasteiger partial charge in [-0.1, -0.05) is 26.0 Å². The Morgan fingerprint density at radius 1 is 1.31 bits per heavy atom. The first-order valence-electron chi connectivity index (χ1n) is 5.41. The van der Waals surface area contributed by atoms with Crippen molar-refractivity contribution >= 4 is 0 Å². The molecule has 0 bridgehead atoms. The number of aliphatic hydroxyl groups is 1. The zero-order valence-electron chi connectivity index (χ0n) is 10.4. The topological polar surface area (TPSA) is 23.5 Å². The van der Waals surface area contributed by atoms with Gasteiger partial charge in [-0.2, -0.15) is 0 Å². The van der Waals surface area contributed by atoms with E-state index in [0.717, 1.165) is 5.56 Å². The monoisotopic (exact) mass is 225 g/mol. The molecule has 0 saturated heterocycles. The molecule has 0 fully saturated rings. The van der Waals surface area contributed by atoms with Gasteiger partial charge in [-0.15, -0.1) is 0 Å². The Bertz CT molecular complexity index is 361. The standard InChI is InChI=1S/C13H20FNO/c1-13(2,9-16)11-6-5-10(8-15(3)4)12(14)7-11/h5-7,16H,8-9H2,1-4H3. The normalized spacial score (nSPS) is 12.2. The third-order valence-corrected chi connectivity index (χ3v) is 2.72. The van der Waals surface area contributed by atoms with Gasteiger partial charge in [-0.05, 0) is 25.7 Å². The minimum Gasteiger partial charge on any atom is -0.395 e. The van der Waals surface area contributed by atoms with Crippen LogP contribution in [0.15, 0.2) is 18.2 Å². The van der Waals surface area contributed by atoms with Gasteiger partial charge >= 0.3 is 0 Å². The molecule has 3 heteroatoms. The zero-order valence-corrected chi connectivity index (χ0v) is 10.4. The summed E-state index contributed by atoms with van der Waals surface area (Å²) >= 11 is 0. The molecule has 0 radical (unpaired) electrons. The number of halogens is 1. The quantitative estimate of drug-likeness (QED) is 0.848. The first-order valence-corrected chi connectivity index (χ1v) is 5.41. The fraction of sp³-hybridized carbons (Fsp3) is 0.538. The molecule has 0 saturated carbocycles. The summed E-state index contributed by atoms with van der Waals surface area (Å²) in [6.45, 7) is 4.39. The molecule has 0 aromatic heterocycles. The highest BCUT2D eigenvalue weighted by Crippen LogP contribution is 2.24. The van der Waals surface area contributed by atoms with Crippen molar-refractivity contribution in [1.82, 2.24) is 4.90 Å². The molecule has 0 unspecified atom stereocenters. The van der Waals surface area contributed by atoms with Crippen LogP contribution in [0.2, 0.25) is 0 Å². The number of hydrogen-bond acceptors (Lipinski definition) is 2. The first kappa shape index (κ1) is 13.1. The molecule has 2 nitrogen and oxygen atoms in total. The smallest absolute Gasteiger partial charge is 0.127 e. The summed E-state index contributed by atoms with van der Waals surface area (Å²) in [4.78, 5) is 1.93. The minimum atomic E-state index is -0.391. The lowest BCUT2D eigenvalue weighted by atomic mass is 9.85. The van der Waals surface area contributed by atoms with Gasteiger partial charge in [0.2, 0.25) is 0 Å². The van der Waals surface area contributed by atoms with Crippen LogP contribution in [0.25, 0.3) is 0 Å². The molecule has 0 atom stereocenters. The highest BCUT2D eigenvalue weighted by Gasteiger charge is 2.20. The second-order valence-corrected chi connectivity index (χ2v) is 5.09. The van der Waals surface area contributed by atoms with Crippen LogP contribution < -0.4 is 0 Å². The number of nitrogens with zero attached hydrogens (tertiary/aromatic N) is 1. The molecule has 1 rings (SSSR count). The van der Waals surface area contributed by atoms with E-state index in [1.165, 1.54) is 6.07 Å². The molecular formula is C13H20FNO. The van der Waals surface area contributed by atoms with E-state index in [2.05, 4.69) is 0 Å². The van der Waals surface area contributed by atoms with Gasteiger partial charge in [0.1, 0.15) is 5.82 Å². The molecule has 1 aromatic carbocycles. The van der Waals surface area contributed by atoms with Gasteiger partial charge in [0.25, 0.3) is 0 Å². The highest BCUT2D eigenvalue weighted by molar-refractivity contribution is 5.29. The Morgan fingerprint density at radius 2 is 1.94 bits per heavy atom. The lowest BCUT2D eigenvalue weighted by molar-refractivity contribution is 0.218. The summed E-state index contributed by atoms with van der Waals surface area (Å²) in [6, 6.07) is 5.20. The highest BCUT2D eigenvalue weighted by atomic mass is 19.1. The molecule has 0 aliphatic rings. The van der Waals surface area contributed by atoms with Gasteiger partial charge < -0.3 is 10.0 Å². The van der Waals surface area contributed by atoms with Crippen molar-refractivity contribution in [2.45, 2.75) is 25.8 Å². The Labute approximate surface area is 96.7 Å². The summed E-state index contributed by atoms with van der Waals surface area (Å²) < 4.78 is 13.8. The largest absolute Gasteiger partial charge is 0.395 e. The molecular weight excluding hydrogens is 205 g/mol. The summed E-state index contributed by atoms with van der Waals surface area (Å²) in [6.07, 6.45) is 0. The van der Waals surface area contributed by atoms with Crippen LogP contribution in [0.3, 0.4) is 0 Å². The van der Waals surface area contributed by atoms with Crippen molar-refractivity contribution in [3.05, 3.63) is 35.1 Å². The third kappa shape index (κ3) is 3.03. The summed E-state index contributed by atoms with van der Waals surface area (Å²) in [7, 11) is 3.82. The van der Waals surface area contributed by atoms with Crippen molar-refractivity contribution in [2.24, 2.45) is 0 Å². The Kier molecular flexibility index (Phi) is 4.05. The molecule has 0 aliphatic carbocycles. The van der Waals surface area contributed by atoms with Gasteiger partial charge in [0, 0.05) is 17.5 Å². The maximum atomic E-state index is 13.8. The molecule has 16 heavy (non-hydrogen) atoms. The second kappa shape index (κ2) is 4.93. The first-order chi connectivity index (χ1) is 7.36. The summed E-state index contributed by atoms with van der Waals surface area (Å²) in [5.41, 5.74) is 1.12. The number of aliphatic hydroxyl groups excluding tert-OH is 1. The maximum absolute atomic E-state index is 13.8. The van der Waals surface area contributed by atoms with Crippen LogP contribution in [-0.2, 0) is 12.0 Å². The van der Waals surface area contributed by atoms with Crippen LogP contribution in [0.5, 0.6) is 0 Å². The van der Waals surface area contributed by atoms with E-state index in [1.54, 1.807) is 6.07 Å². The lowest BCUT2D eigenvalue weighted by Crippen LogP contribution is -2.22. The maximum Gasteiger partial charge on any atom is 0.127 e. The van der Waals surface area contributed by atoms with Crippen molar-refractivity contribution < 1.29 is 9.50 Å². The van der Waals surface area contributed by atoms with E-state index < -0.39 is 5.41 Å². The predicted molar refractivity (Wildman–Crippen MR) is 63.9 cm³/mol. The van der Waals surface area contributed by atoms with Crippen LogP contribution in [-0.4, -0.2) is 30.7 Å². The number of benzene rings is 1. The Hall–Kier alpha value is -0.930. The minimum absolute atomic E-state index is 0.0134. The number of hydrogen-bond donors (Lipinski definition) is 1. The molecule has 0 spiro atoms. The summed E-state index contributed by atoms with van der Waals surface area (Å²) in [5, 5.41) is 9.22. The average Bonchev–Trinajstić information content (AvgIpc) is 2.20. The lowest BCUT2D eigenvalue weighted by Gasteiger charge is -2.23. The average molecular weight is 225 g/mol. The van der Waals surface area contributed by atoms with E-state index in [-0.39, 0.29) is 12.4 Å². The van der Waals surface area contributed by atoms with E-state index in [0.29, 0.717) is 12.1 Å². The fourth-order valence-corrected chi connectivity index (χ4v) is 1.53. The van der Waals surface area contributed by atoms with Gasteiger partial charge in [-0.25, -0.2) is 4.39 Å². The molecule has 0 heterocycles. The second-order valence-electron chi connectivity index (χ2n) is 5.09. The van der Waals surface area contributed by atoms with Gasteiger partial charge in [0.15, 0.2) is 0 Å². The predicted octanol–water partition coefficient (Wildman–Crippen LogP) is 2.16. The molecule has 1 N–H and O–H groups in total. The van der Waals surface area contributed by atoms with Crippen LogP contribution in [0, 0.1) is 5.82 Å². The van der Waals surface area contributed by atoms with E-state index in [4.69, 9.17) is 0 Å². The van der Waals surface area contributed by atoms with E-state index in [9.17, 15) is 9.50 Å². The fourth-order valence-electron chi connectivity index (χ4n) is 1.53. The molecule has 0 amide bonds. The van der Waals surface area contributed by atoms with Crippen molar-refractivity contribution in [1.29, 1.82) is 0 Å². The van der Waals surface area contributed by atoms with Crippen LogP contribution in [0.4, 0.5) is 4.39 Å². The van der Waals surface area contributed by atoms with E-state index >= 15 is 0 Å². The SMILES string of the molecule is CN(C)Cc1ccc(C(C)(C)CO)cc1F. The van der Waals surface area contributed by atoms with E-state index in [1.807, 2.05) is 38.9 Å². The molecule has 1 aromatic rings. The third-order valence-electron chi connectivity index (χ3n) is 2.72. The van der Waals surface area contributed by atoms with Crippen LogP contribution in [0.1, 0.15) is 25.0 Å². The molecule has 90 valence electrons.